The number of fused-ring (bicyclic) bond motifs is 1. The van der Waals surface area contributed by atoms with Crippen LogP contribution < -0.4 is 9.64 Å². The molecule has 1 aromatic heterocycles. The van der Waals surface area contributed by atoms with Crippen LogP contribution in [0.1, 0.15) is 19.3 Å². The van der Waals surface area contributed by atoms with E-state index in [1.54, 1.807) is 26.1 Å². The summed E-state index contributed by atoms with van der Waals surface area (Å²) in [7, 11) is 5.24. The van der Waals surface area contributed by atoms with Crippen molar-refractivity contribution in [2.75, 3.05) is 39.2 Å². The van der Waals surface area contributed by atoms with Gasteiger partial charge >= 0.3 is 0 Å². The molecule has 0 saturated carbocycles. The highest BCUT2D eigenvalue weighted by atomic mass is 16.5. The molecule has 0 aliphatic carbocycles. The fraction of sp³-hybridized carbons (Fsp3) is 0.529. The Kier molecular flexibility index (Phi) is 4.41. The molecule has 1 aromatic carbocycles. The normalized spacial score (nSPS) is 18.2. The summed E-state index contributed by atoms with van der Waals surface area (Å²) >= 11 is 0. The van der Waals surface area contributed by atoms with E-state index < -0.39 is 0 Å². The monoisotopic (exact) mass is 317 g/mol. The van der Waals surface area contributed by atoms with Crippen LogP contribution in [0.5, 0.6) is 5.75 Å². The summed E-state index contributed by atoms with van der Waals surface area (Å²) in [6, 6.07) is 6.25. The topological polar surface area (TPSA) is 58.8 Å². The van der Waals surface area contributed by atoms with E-state index in [1.165, 1.54) is 0 Å². The van der Waals surface area contributed by atoms with E-state index in [-0.39, 0.29) is 5.91 Å². The lowest BCUT2D eigenvalue weighted by Crippen LogP contribution is -2.37. The summed E-state index contributed by atoms with van der Waals surface area (Å²) in [5, 5.41) is 0. The van der Waals surface area contributed by atoms with Gasteiger partial charge < -0.3 is 19.0 Å². The Bertz CT molecular complexity index is 695. The number of hydrogen-bond acceptors (Lipinski definition) is 5. The number of nitrogens with zero attached hydrogens (tertiary/aromatic N) is 3. The Morgan fingerprint density at radius 3 is 3.04 bits per heavy atom. The van der Waals surface area contributed by atoms with Gasteiger partial charge in [-0.2, -0.15) is 4.98 Å². The molecule has 6 nitrogen and oxygen atoms in total. The van der Waals surface area contributed by atoms with Crippen LogP contribution in [-0.2, 0) is 4.79 Å². The number of amides is 1. The second-order valence-electron chi connectivity index (χ2n) is 6.28. The third kappa shape index (κ3) is 3.41. The average molecular weight is 317 g/mol. The van der Waals surface area contributed by atoms with Crippen LogP contribution in [0.2, 0.25) is 0 Å². The minimum atomic E-state index is 0.180. The van der Waals surface area contributed by atoms with Gasteiger partial charge in [0.2, 0.25) is 5.91 Å². The summed E-state index contributed by atoms with van der Waals surface area (Å²) in [5.41, 5.74) is 1.55. The minimum absolute atomic E-state index is 0.180. The molecule has 1 aliphatic heterocycles. The zero-order chi connectivity index (χ0) is 16.4. The second-order valence-corrected chi connectivity index (χ2v) is 6.28. The van der Waals surface area contributed by atoms with E-state index in [2.05, 4.69) is 9.88 Å². The van der Waals surface area contributed by atoms with Crippen molar-refractivity contribution >= 4 is 23.0 Å². The molecule has 3 rings (SSSR count). The van der Waals surface area contributed by atoms with Crippen molar-refractivity contribution in [1.82, 2.24) is 9.88 Å². The molecule has 0 bridgehead atoms. The van der Waals surface area contributed by atoms with Gasteiger partial charge in [0.15, 0.2) is 5.58 Å². The maximum absolute atomic E-state index is 11.9. The van der Waals surface area contributed by atoms with Gasteiger partial charge in [0.25, 0.3) is 6.01 Å². The van der Waals surface area contributed by atoms with Gasteiger partial charge in [-0.1, -0.05) is 0 Å². The third-order valence-corrected chi connectivity index (χ3v) is 4.34. The molecule has 1 unspecified atom stereocenters. The van der Waals surface area contributed by atoms with Crippen molar-refractivity contribution < 1.29 is 13.9 Å². The number of rotatable bonds is 4. The van der Waals surface area contributed by atoms with Crippen LogP contribution >= 0.6 is 0 Å². The molecule has 2 aromatic rings. The van der Waals surface area contributed by atoms with Crippen molar-refractivity contribution in [3.8, 4) is 5.75 Å². The molecule has 1 atom stereocenters. The first-order valence-corrected chi connectivity index (χ1v) is 7.96. The molecule has 1 saturated heterocycles. The van der Waals surface area contributed by atoms with Gasteiger partial charge in [-0.25, -0.2) is 0 Å². The summed E-state index contributed by atoms with van der Waals surface area (Å²) in [5.74, 6) is 1.30. The largest absolute Gasteiger partial charge is 0.497 e. The number of ether oxygens (including phenoxy) is 1. The molecule has 2 heterocycles. The summed E-state index contributed by atoms with van der Waals surface area (Å²) < 4.78 is 11.1. The molecule has 0 N–H and O–H groups in total. The molecule has 0 spiro atoms. The quantitative estimate of drug-likeness (QED) is 0.867. The lowest BCUT2D eigenvalue weighted by atomic mass is 9.94. The average Bonchev–Trinajstić information content (AvgIpc) is 2.98. The van der Waals surface area contributed by atoms with E-state index in [4.69, 9.17) is 9.15 Å². The van der Waals surface area contributed by atoms with Gasteiger partial charge in [0.05, 0.1) is 7.11 Å². The number of oxazole rings is 1. The van der Waals surface area contributed by atoms with Crippen LogP contribution in [0.4, 0.5) is 6.01 Å². The molecular formula is C17H23N3O3. The van der Waals surface area contributed by atoms with E-state index >= 15 is 0 Å². The fourth-order valence-electron chi connectivity index (χ4n) is 2.99. The SMILES string of the molecule is COc1ccc2oc(N3CCCC(CC(=O)N(C)C)C3)nc2c1. The summed E-state index contributed by atoms with van der Waals surface area (Å²) in [6.07, 6.45) is 2.70. The standard InChI is InChI=1S/C17H23N3O3/c1-19(2)16(21)9-12-5-4-8-20(11-12)17-18-14-10-13(22-3)6-7-15(14)23-17/h6-7,10,12H,4-5,8-9,11H2,1-3H3. The highest BCUT2D eigenvalue weighted by molar-refractivity contribution is 5.77. The molecular weight excluding hydrogens is 294 g/mol. The van der Waals surface area contributed by atoms with Crippen molar-refractivity contribution in [3.05, 3.63) is 18.2 Å². The number of piperidine rings is 1. The van der Waals surface area contributed by atoms with Crippen LogP contribution in [0.25, 0.3) is 11.1 Å². The van der Waals surface area contributed by atoms with Crippen LogP contribution in [-0.4, -0.2) is 50.1 Å². The molecule has 1 aliphatic rings. The van der Waals surface area contributed by atoms with Crippen LogP contribution in [0.3, 0.4) is 0 Å². The van der Waals surface area contributed by atoms with E-state index in [0.29, 0.717) is 18.4 Å². The number of carbonyl (C=O) groups is 1. The molecule has 23 heavy (non-hydrogen) atoms. The number of aromatic nitrogens is 1. The highest BCUT2D eigenvalue weighted by Crippen LogP contribution is 2.29. The first-order valence-electron chi connectivity index (χ1n) is 7.96. The van der Waals surface area contributed by atoms with E-state index in [0.717, 1.165) is 42.8 Å². The lowest BCUT2D eigenvalue weighted by molar-refractivity contribution is -0.129. The fourth-order valence-corrected chi connectivity index (χ4v) is 2.99. The number of benzene rings is 1. The Labute approximate surface area is 136 Å². The van der Waals surface area contributed by atoms with Gasteiger partial charge in [-0.3, -0.25) is 4.79 Å². The summed E-state index contributed by atoms with van der Waals surface area (Å²) in [4.78, 5) is 20.3. The predicted molar refractivity (Wildman–Crippen MR) is 88.8 cm³/mol. The Morgan fingerprint density at radius 1 is 1.48 bits per heavy atom. The van der Waals surface area contributed by atoms with Gasteiger partial charge in [-0.05, 0) is 30.9 Å². The Balaban J connectivity index is 1.74. The maximum atomic E-state index is 11.9. The zero-order valence-corrected chi connectivity index (χ0v) is 13.9. The molecule has 1 fully saturated rings. The Morgan fingerprint density at radius 2 is 2.30 bits per heavy atom. The van der Waals surface area contributed by atoms with Crippen molar-refractivity contribution in [1.29, 1.82) is 0 Å². The van der Waals surface area contributed by atoms with E-state index in [1.807, 2.05) is 18.2 Å². The second kappa shape index (κ2) is 6.48. The van der Waals surface area contributed by atoms with Gasteiger partial charge in [0.1, 0.15) is 11.3 Å². The third-order valence-electron chi connectivity index (χ3n) is 4.34. The molecule has 6 heteroatoms. The van der Waals surface area contributed by atoms with Crippen LogP contribution in [0.15, 0.2) is 22.6 Å². The number of carbonyl (C=O) groups excluding carboxylic acids is 1. The van der Waals surface area contributed by atoms with Crippen molar-refractivity contribution in [2.24, 2.45) is 5.92 Å². The number of hydrogen-bond donors (Lipinski definition) is 0. The highest BCUT2D eigenvalue weighted by Gasteiger charge is 2.25. The molecule has 0 radical (unpaired) electrons. The smallest absolute Gasteiger partial charge is 0.298 e. The first-order chi connectivity index (χ1) is 11.1. The Hall–Kier alpha value is -2.24. The maximum Gasteiger partial charge on any atom is 0.298 e. The summed E-state index contributed by atoms with van der Waals surface area (Å²) in [6.45, 7) is 1.72. The van der Waals surface area contributed by atoms with Gasteiger partial charge in [-0.15, -0.1) is 0 Å². The molecule has 1 amide bonds. The minimum Gasteiger partial charge on any atom is -0.497 e. The van der Waals surface area contributed by atoms with Crippen molar-refractivity contribution in [2.45, 2.75) is 19.3 Å². The first kappa shape index (κ1) is 15.6. The lowest BCUT2D eigenvalue weighted by Gasteiger charge is -2.31. The van der Waals surface area contributed by atoms with Crippen molar-refractivity contribution in [3.63, 3.8) is 0 Å². The number of methoxy groups -OCH3 is 1. The predicted octanol–water partition coefficient (Wildman–Crippen LogP) is 2.53. The zero-order valence-electron chi connectivity index (χ0n) is 13.9. The van der Waals surface area contributed by atoms with Crippen LogP contribution in [0, 0.1) is 5.92 Å². The van der Waals surface area contributed by atoms with Gasteiger partial charge in [0, 0.05) is 39.7 Å². The number of anilines is 1. The molecule has 124 valence electrons. The van der Waals surface area contributed by atoms with E-state index in [9.17, 15) is 4.79 Å².